The van der Waals surface area contributed by atoms with Crippen molar-refractivity contribution in [2.24, 2.45) is 0 Å². The standard InChI is InChI=1S/C24H24N4O4/c1-24-12-10-22(31)28(24)19-5-3-2-4-17(19)23(32)27(24)13-11-21(30)25-16-7-8-18-15(14-16)6-9-20(29)26-18/h2-5,7-8,14H,6,9-13H2,1H3,(H,25,30)(H,26,29). The van der Waals surface area contributed by atoms with Gasteiger partial charge >= 0.3 is 0 Å². The van der Waals surface area contributed by atoms with Crippen molar-refractivity contribution in [3.05, 3.63) is 53.6 Å². The normalized spacial score (nSPS) is 21.6. The number of aryl methyl sites for hydroxylation is 1. The Hall–Kier alpha value is -3.68. The number of carbonyl (C=O) groups excluding carboxylic acids is 4. The molecule has 1 atom stereocenters. The summed E-state index contributed by atoms with van der Waals surface area (Å²) >= 11 is 0. The molecule has 8 nitrogen and oxygen atoms in total. The maximum Gasteiger partial charge on any atom is 0.257 e. The van der Waals surface area contributed by atoms with Gasteiger partial charge in [-0.05, 0) is 55.7 Å². The summed E-state index contributed by atoms with van der Waals surface area (Å²) in [6, 6.07) is 12.5. The highest BCUT2D eigenvalue weighted by Crippen LogP contribution is 2.44. The van der Waals surface area contributed by atoms with Crippen LogP contribution in [0.5, 0.6) is 0 Å². The number of rotatable bonds is 4. The molecule has 164 valence electrons. The van der Waals surface area contributed by atoms with Gasteiger partial charge in [0.1, 0.15) is 5.66 Å². The molecule has 3 heterocycles. The van der Waals surface area contributed by atoms with Crippen molar-refractivity contribution in [2.45, 2.75) is 44.7 Å². The third-order valence-electron chi connectivity index (χ3n) is 6.59. The predicted octanol–water partition coefficient (Wildman–Crippen LogP) is 2.90. The molecule has 3 aliphatic rings. The second kappa shape index (κ2) is 7.47. The van der Waals surface area contributed by atoms with Crippen LogP contribution in [0.3, 0.4) is 0 Å². The number of amides is 4. The smallest absolute Gasteiger partial charge is 0.257 e. The lowest BCUT2D eigenvalue weighted by molar-refractivity contribution is -0.118. The molecule has 1 fully saturated rings. The number of para-hydroxylation sites is 1. The van der Waals surface area contributed by atoms with Crippen molar-refractivity contribution in [3.63, 3.8) is 0 Å². The van der Waals surface area contributed by atoms with Crippen LogP contribution in [0.1, 0.15) is 48.5 Å². The third kappa shape index (κ3) is 3.23. The first kappa shape index (κ1) is 20.2. The van der Waals surface area contributed by atoms with Crippen molar-refractivity contribution in [2.75, 3.05) is 22.1 Å². The van der Waals surface area contributed by atoms with Crippen LogP contribution in [0.2, 0.25) is 0 Å². The number of carbonyl (C=O) groups is 4. The van der Waals surface area contributed by atoms with Gasteiger partial charge in [-0.3, -0.25) is 24.1 Å². The van der Waals surface area contributed by atoms with E-state index >= 15 is 0 Å². The summed E-state index contributed by atoms with van der Waals surface area (Å²) in [4.78, 5) is 53.4. The summed E-state index contributed by atoms with van der Waals surface area (Å²) in [6.07, 6.45) is 2.07. The molecule has 5 rings (SSSR count). The summed E-state index contributed by atoms with van der Waals surface area (Å²) in [5.74, 6) is -0.389. The average molecular weight is 432 g/mol. The molecule has 2 aromatic carbocycles. The highest BCUT2D eigenvalue weighted by atomic mass is 16.2. The molecule has 3 aliphatic heterocycles. The first-order chi connectivity index (χ1) is 15.4. The number of nitrogens with one attached hydrogen (secondary N) is 2. The first-order valence-corrected chi connectivity index (χ1v) is 10.8. The number of anilines is 3. The van der Waals surface area contributed by atoms with E-state index in [2.05, 4.69) is 10.6 Å². The number of benzene rings is 2. The molecule has 8 heteroatoms. The zero-order valence-corrected chi connectivity index (χ0v) is 17.8. The van der Waals surface area contributed by atoms with Gasteiger partial charge in [0.05, 0.1) is 11.3 Å². The number of hydrogen-bond donors (Lipinski definition) is 2. The van der Waals surface area contributed by atoms with E-state index in [4.69, 9.17) is 0 Å². The molecule has 32 heavy (non-hydrogen) atoms. The third-order valence-corrected chi connectivity index (χ3v) is 6.59. The van der Waals surface area contributed by atoms with E-state index in [0.717, 1.165) is 11.3 Å². The van der Waals surface area contributed by atoms with Gasteiger partial charge in [0.15, 0.2) is 0 Å². The summed E-state index contributed by atoms with van der Waals surface area (Å²) < 4.78 is 0. The summed E-state index contributed by atoms with van der Waals surface area (Å²) in [5.41, 5.74) is 2.77. The van der Waals surface area contributed by atoms with E-state index in [1.165, 1.54) is 0 Å². The van der Waals surface area contributed by atoms with Crippen LogP contribution in [0.4, 0.5) is 17.1 Å². The molecule has 0 radical (unpaired) electrons. The summed E-state index contributed by atoms with van der Waals surface area (Å²) in [5, 5.41) is 5.71. The van der Waals surface area contributed by atoms with Crippen LogP contribution < -0.4 is 15.5 Å². The molecule has 1 unspecified atom stereocenters. The van der Waals surface area contributed by atoms with E-state index in [1.807, 2.05) is 19.1 Å². The van der Waals surface area contributed by atoms with Crippen LogP contribution >= 0.6 is 0 Å². The highest BCUT2D eigenvalue weighted by molar-refractivity contribution is 6.10. The maximum atomic E-state index is 13.3. The Balaban J connectivity index is 1.31. The van der Waals surface area contributed by atoms with Crippen LogP contribution in [0.15, 0.2) is 42.5 Å². The van der Waals surface area contributed by atoms with Gasteiger partial charge in [-0.15, -0.1) is 0 Å². The second-order valence-corrected chi connectivity index (χ2v) is 8.64. The zero-order chi connectivity index (χ0) is 22.5. The molecule has 2 N–H and O–H groups in total. The minimum atomic E-state index is -0.771. The van der Waals surface area contributed by atoms with E-state index in [0.29, 0.717) is 42.6 Å². The van der Waals surface area contributed by atoms with Crippen LogP contribution in [-0.2, 0) is 20.8 Å². The van der Waals surface area contributed by atoms with Crippen LogP contribution in [0.25, 0.3) is 0 Å². The fourth-order valence-electron chi connectivity index (χ4n) is 4.94. The Kier molecular flexibility index (Phi) is 4.73. The van der Waals surface area contributed by atoms with Crippen molar-refractivity contribution in [1.82, 2.24) is 4.90 Å². The minimum absolute atomic E-state index is 0.00464. The van der Waals surface area contributed by atoms with Crippen LogP contribution in [0, 0.1) is 0 Å². The molecule has 0 saturated carbocycles. The first-order valence-electron chi connectivity index (χ1n) is 10.8. The molecule has 4 amide bonds. The molecule has 0 aliphatic carbocycles. The molecular weight excluding hydrogens is 408 g/mol. The molecule has 0 aromatic heterocycles. The van der Waals surface area contributed by atoms with E-state index in [1.54, 1.807) is 40.1 Å². The lowest BCUT2D eigenvalue weighted by Crippen LogP contribution is -2.62. The van der Waals surface area contributed by atoms with Gasteiger partial charge in [-0.25, -0.2) is 0 Å². The fourth-order valence-corrected chi connectivity index (χ4v) is 4.94. The Morgan fingerprint density at radius 2 is 1.91 bits per heavy atom. The number of fused-ring (bicyclic) bond motifs is 4. The summed E-state index contributed by atoms with van der Waals surface area (Å²) in [6.45, 7) is 2.10. The SMILES string of the molecule is CC12CCC(=O)N1c1ccccc1C(=O)N2CCC(=O)Nc1ccc2c(c1)CCC(=O)N2. The average Bonchev–Trinajstić information content (AvgIpc) is 3.09. The highest BCUT2D eigenvalue weighted by Gasteiger charge is 2.52. The molecule has 0 bridgehead atoms. The maximum absolute atomic E-state index is 13.3. The van der Waals surface area contributed by atoms with Crippen molar-refractivity contribution >= 4 is 40.7 Å². The lowest BCUT2D eigenvalue weighted by Gasteiger charge is -2.48. The Morgan fingerprint density at radius 1 is 1.09 bits per heavy atom. The van der Waals surface area contributed by atoms with Gasteiger partial charge in [0, 0.05) is 37.2 Å². The predicted molar refractivity (Wildman–Crippen MR) is 119 cm³/mol. The molecule has 0 spiro atoms. The Labute approximate surface area is 185 Å². The van der Waals surface area contributed by atoms with Crippen molar-refractivity contribution in [3.8, 4) is 0 Å². The van der Waals surface area contributed by atoms with Gasteiger partial charge < -0.3 is 15.5 Å². The van der Waals surface area contributed by atoms with E-state index in [9.17, 15) is 19.2 Å². The Morgan fingerprint density at radius 3 is 2.75 bits per heavy atom. The lowest BCUT2D eigenvalue weighted by atomic mass is 9.98. The minimum Gasteiger partial charge on any atom is -0.326 e. The van der Waals surface area contributed by atoms with Crippen molar-refractivity contribution in [1.29, 1.82) is 0 Å². The monoisotopic (exact) mass is 432 g/mol. The van der Waals surface area contributed by atoms with Crippen molar-refractivity contribution < 1.29 is 19.2 Å². The fraction of sp³-hybridized carbons (Fsp3) is 0.333. The van der Waals surface area contributed by atoms with E-state index in [-0.39, 0.29) is 36.6 Å². The van der Waals surface area contributed by atoms with Crippen LogP contribution in [-0.4, -0.2) is 40.7 Å². The van der Waals surface area contributed by atoms with Gasteiger partial charge in [-0.2, -0.15) is 0 Å². The second-order valence-electron chi connectivity index (χ2n) is 8.64. The van der Waals surface area contributed by atoms with Gasteiger partial charge in [-0.1, -0.05) is 12.1 Å². The molecule has 1 saturated heterocycles. The van der Waals surface area contributed by atoms with Gasteiger partial charge in [0.25, 0.3) is 5.91 Å². The largest absolute Gasteiger partial charge is 0.326 e. The van der Waals surface area contributed by atoms with E-state index < -0.39 is 5.66 Å². The summed E-state index contributed by atoms with van der Waals surface area (Å²) in [7, 11) is 0. The topological polar surface area (TPSA) is 98.8 Å². The number of hydrogen-bond acceptors (Lipinski definition) is 4. The Bertz CT molecular complexity index is 1160. The quantitative estimate of drug-likeness (QED) is 0.776. The molecular formula is C24H24N4O4. The van der Waals surface area contributed by atoms with Gasteiger partial charge in [0.2, 0.25) is 17.7 Å². The molecule has 2 aromatic rings. The zero-order valence-electron chi connectivity index (χ0n) is 17.8. The number of nitrogens with zero attached hydrogens (tertiary/aromatic N) is 2.